The molecular formula is C22H36IN3O2. The molecule has 6 heteroatoms. The zero-order valence-corrected chi connectivity index (χ0v) is 19.5. The second kappa shape index (κ2) is 12.6. The first-order chi connectivity index (χ1) is 13.3. The van der Waals surface area contributed by atoms with E-state index in [0.717, 1.165) is 58.1 Å². The Morgan fingerprint density at radius 2 is 1.86 bits per heavy atom. The van der Waals surface area contributed by atoms with Gasteiger partial charge in [-0.3, -0.25) is 4.99 Å². The van der Waals surface area contributed by atoms with Crippen LogP contribution in [0.25, 0.3) is 0 Å². The molecule has 1 aliphatic heterocycles. The quantitative estimate of drug-likeness (QED) is 0.246. The molecule has 1 heterocycles. The number of halogens is 1. The van der Waals surface area contributed by atoms with Crippen LogP contribution < -0.4 is 10.6 Å². The van der Waals surface area contributed by atoms with Crippen molar-refractivity contribution in [3.8, 4) is 0 Å². The fraction of sp³-hybridized carbons (Fsp3) is 0.682. The third-order valence-corrected chi connectivity index (χ3v) is 5.90. The molecule has 0 spiro atoms. The highest BCUT2D eigenvalue weighted by Crippen LogP contribution is 2.40. The first kappa shape index (κ1) is 23.4. The van der Waals surface area contributed by atoms with Gasteiger partial charge in [-0.2, -0.15) is 0 Å². The van der Waals surface area contributed by atoms with Crippen molar-refractivity contribution in [2.75, 3.05) is 40.0 Å². The van der Waals surface area contributed by atoms with Gasteiger partial charge in [-0.15, -0.1) is 24.0 Å². The molecule has 0 atom stereocenters. The summed E-state index contributed by atoms with van der Waals surface area (Å²) in [7, 11) is 1.84. The molecule has 2 fully saturated rings. The molecule has 5 nitrogen and oxygen atoms in total. The van der Waals surface area contributed by atoms with Gasteiger partial charge < -0.3 is 20.1 Å². The normalized spacial score (nSPS) is 19.8. The lowest BCUT2D eigenvalue weighted by Gasteiger charge is -2.30. The fourth-order valence-corrected chi connectivity index (χ4v) is 4.26. The monoisotopic (exact) mass is 501 g/mol. The predicted octanol–water partition coefficient (Wildman–Crippen LogP) is 3.87. The Hall–Kier alpha value is -0.860. The zero-order chi connectivity index (χ0) is 18.8. The predicted molar refractivity (Wildman–Crippen MR) is 126 cm³/mol. The minimum Gasteiger partial charge on any atom is -0.381 e. The Balaban J connectivity index is 0.00000280. The average Bonchev–Trinajstić information content (AvgIpc) is 3.22. The fourth-order valence-electron chi connectivity index (χ4n) is 4.26. The van der Waals surface area contributed by atoms with E-state index < -0.39 is 0 Å². The molecule has 0 aromatic heterocycles. The maximum absolute atomic E-state index is 5.93. The first-order valence-corrected chi connectivity index (χ1v) is 10.5. The van der Waals surface area contributed by atoms with E-state index in [2.05, 4.69) is 46.0 Å². The number of ether oxygens (including phenoxy) is 2. The van der Waals surface area contributed by atoms with Crippen LogP contribution in [-0.2, 0) is 14.9 Å². The Morgan fingerprint density at radius 1 is 1.14 bits per heavy atom. The number of rotatable bonds is 8. The largest absolute Gasteiger partial charge is 0.381 e. The van der Waals surface area contributed by atoms with E-state index in [1.165, 1.54) is 31.2 Å². The molecule has 2 aliphatic rings. The number of hydrogen-bond acceptors (Lipinski definition) is 3. The molecule has 0 unspecified atom stereocenters. The summed E-state index contributed by atoms with van der Waals surface area (Å²) in [6.45, 7) is 4.28. The Morgan fingerprint density at radius 3 is 2.54 bits per heavy atom. The molecular weight excluding hydrogens is 465 g/mol. The number of guanidine groups is 1. The maximum atomic E-state index is 5.93. The number of benzene rings is 1. The molecule has 0 amide bonds. The molecule has 1 saturated heterocycles. The van der Waals surface area contributed by atoms with Crippen molar-refractivity contribution < 1.29 is 9.47 Å². The third kappa shape index (κ3) is 6.88. The molecule has 1 aliphatic carbocycles. The molecule has 158 valence electrons. The van der Waals surface area contributed by atoms with Crippen LogP contribution in [0.15, 0.2) is 35.3 Å². The Bertz CT molecular complexity index is 570. The molecule has 28 heavy (non-hydrogen) atoms. The summed E-state index contributed by atoms with van der Waals surface area (Å²) in [6, 6.07) is 11.0. The van der Waals surface area contributed by atoms with Crippen LogP contribution in [0.3, 0.4) is 0 Å². The van der Waals surface area contributed by atoms with Crippen LogP contribution >= 0.6 is 24.0 Å². The molecule has 2 N–H and O–H groups in total. The minimum atomic E-state index is 0. The van der Waals surface area contributed by atoms with Gasteiger partial charge in [0.15, 0.2) is 5.96 Å². The van der Waals surface area contributed by atoms with E-state index in [-0.39, 0.29) is 29.4 Å². The van der Waals surface area contributed by atoms with Crippen molar-refractivity contribution in [2.24, 2.45) is 4.99 Å². The Labute approximate surface area is 187 Å². The summed E-state index contributed by atoms with van der Waals surface area (Å²) in [4.78, 5) is 4.40. The molecule has 0 radical (unpaired) electrons. The van der Waals surface area contributed by atoms with Gasteiger partial charge in [-0.25, -0.2) is 0 Å². The van der Waals surface area contributed by atoms with E-state index >= 15 is 0 Å². The van der Waals surface area contributed by atoms with Gasteiger partial charge in [0.25, 0.3) is 0 Å². The lowest BCUT2D eigenvalue weighted by molar-refractivity contribution is -0.0320. The highest BCUT2D eigenvalue weighted by atomic mass is 127. The maximum Gasteiger partial charge on any atom is 0.191 e. The highest BCUT2D eigenvalue weighted by Gasteiger charge is 2.35. The van der Waals surface area contributed by atoms with Gasteiger partial charge in [0.1, 0.15) is 0 Å². The van der Waals surface area contributed by atoms with E-state index in [1.54, 1.807) is 0 Å². The smallest absolute Gasteiger partial charge is 0.191 e. The van der Waals surface area contributed by atoms with Crippen LogP contribution in [0.1, 0.15) is 50.5 Å². The van der Waals surface area contributed by atoms with Crippen molar-refractivity contribution in [1.29, 1.82) is 0 Å². The first-order valence-electron chi connectivity index (χ1n) is 10.5. The second-order valence-corrected chi connectivity index (χ2v) is 7.74. The van der Waals surface area contributed by atoms with Gasteiger partial charge >= 0.3 is 0 Å². The van der Waals surface area contributed by atoms with Crippen LogP contribution in [0, 0.1) is 0 Å². The van der Waals surface area contributed by atoms with E-state index in [9.17, 15) is 0 Å². The van der Waals surface area contributed by atoms with Crippen molar-refractivity contribution in [3.05, 3.63) is 35.9 Å². The third-order valence-electron chi connectivity index (χ3n) is 5.90. The van der Waals surface area contributed by atoms with Crippen LogP contribution in [-0.4, -0.2) is 52.0 Å². The lowest BCUT2D eigenvalue weighted by atomic mass is 9.79. The van der Waals surface area contributed by atoms with Gasteiger partial charge in [0.2, 0.25) is 0 Å². The minimum absolute atomic E-state index is 0. The summed E-state index contributed by atoms with van der Waals surface area (Å²) in [5.74, 6) is 0.892. The van der Waals surface area contributed by atoms with Gasteiger partial charge in [-0.05, 0) is 37.7 Å². The van der Waals surface area contributed by atoms with Crippen LogP contribution in [0.4, 0.5) is 0 Å². The van der Waals surface area contributed by atoms with E-state index in [1.807, 2.05) is 7.05 Å². The lowest BCUT2D eigenvalue weighted by Crippen LogP contribution is -2.45. The summed E-state index contributed by atoms with van der Waals surface area (Å²) < 4.78 is 11.3. The van der Waals surface area contributed by atoms with Crippen molar-refractivity contribution >= 4 is 29.9 Å². The topological polar surface area (TPSA) is 54.9 Å². The van der Waals surface area contributed by atoms with Gasteiger partial charge in [-0.1, -0.05) is 43.2 Å². The molecule has 1 saturated carbocycles. The summed E-state index contributed by atoms with van der Waals surface area (Å²) in [5, 5.41) is 7.01. The van der Waals surface area contributed by atoms with Gasteiger partial charge in [0, 0.05) is 45.4 Å². The SMILES string of the molecule is CN=C(NCCCOC1CCOCC1)NCC1(c2ccccc2)CCCC1.I. The van der Waals surface area contributed by atoms with E-state index in [0.29, 0.717) is 6.10 Å². The summed E-state index contributed by atoms with van der Waals surface area (Å²) >= 11 is 0. The van der Waals surface area contributed by atoms with E-state index in [4.69, 9.17) is 9.47 Å². The standard InChI is InChI=1S/C22H35N3O2.HI/c1-23-21(24-14-7-15-27-20-10-16-26-17-11-20)25-18-22(12-5-6-13-22)19-8-3-2-4-9-19;/h2-4,8-9,20H,5-7,10-18H2,1H3,(H2,23,24,25);1H. The molecule has 1 aromatic rings. The van der Waals surface area contributed by atoms with Crippen molar-refractivity contribution in [1.82, 2.24) is 10.6 Å². The molecule has 3 rings (SSSR count). The molecule has 0 bridgehead atoms. The highest BCUT2D eigenvalue weighted by molar-refractivity contribution is 14.0. The second-order valence-electron chi connectivity index (χ2n) is 7.74. The number of hydrogen-bond donors (Lipinski definition) is 2. The van der Waals surface area contributed by atoms with Crippen LogP contribution in [0.5, 0.6) is 0 Å². The van der Waals surface area contributed by atoms with Gasteiger partial charge in [0.05, 0.1) is 6.10 Å². The number of aliphatic imine (C=N–C) groups is 1. The Kier molecular flexibility index (Phi) is 10.6. The summed E-state index contributed by atoms with van der Waals surface area (Å²) in [6.07, 6.45) is 8.54. The average molecular weight is 501 g/mol. The van der Waals surface area contributed by atoms with Crippen molar-refractivity contribution in [3.63, 3.8) is 0 Å². The van der Waals surface area contributed by atoms with Crippen LogP contribution in [0.2, 0.25) is 0 Å². The molecule has 1 aromatic carbocycles. The summed E-state index contributed by atoms with van der Waals surface area (Å²) in [5.41, 5.74) is 1.70. The van der Waals surface area contributed by atoms with Crippen molar-refractivity contribution in [2.45, 2.75) is 56.5 Å². The zero-order valence-electron chi connectivity index (χ0n) is 17.1. The number of nitrogens with zero attached hydrogens (tertiary/aromatic N) is 1. The number of nitrogens with one attached hydrogen (secondary N) is 2.